The molecule has 0 amide bonds. The maximum atomic E-state index is 10.6. The van der Waals surface area contributed by atoms with Crippen molar-refractivity contribution >= 4 is 17.4 Å². The van der Waals surface area contributed by atoms with Crippen LogP contribution in [0.3, 0.4) is 0 Å². The summed E-state index contributed by atoms with van der Waals surface area (Å²) >= 11 is 0. The third kappa shape index (κ3) is 1.90. The highest BCUT2D eigenvalue weighted by atomic mass is 16.7. The van der Waals surface area contributed by atoms with Gasteiger partial charge in [-0.05, 0) is 17.7 Å². The average Bonchev–Trinajstić information content (AvgIpc) is 2.68. The Bertz CT molecular complexity index is 411. The summed E-state index contributed by atoms with van der Waals surface area (Å²) in [6.07, 6.45) is -0.572. The number of nitrogen functional groups attached to an aromatic ring is 1. The maximum Gasteiger partial charge on any atom is 0.348 e. The summed E-state index contributed by atoms with van der Waals surface area (Å²) in [5.41, 5.74) is 7.68. The van der Waals surface area contributed by atoms with Gasteiger partial charge in [0.25, 0.3) is 0 Å². The third-order valence-electron chi connectivity index (χ3n) is 2.19. The topological polar surface area (TPSA) is 84.9 Å². The molecule has 3 N–H and O–H groups in total. The van der Waals surface area contributed by atoms with E-state index in [1.807, 2.05) is 0 Å². The van der Waals surface area contributed by atoms with Crippen LogP contribution in [0.2, 0.25) is 0 Å². The minimum absolute atomic E-state index is 0.291. The lowest BCUT2D eigenvalue weighted by atomic mass is 10.0. The number of hydrogen-bond donors (Lipinski definition) is 2. The van der Waals surface area contributed by atoms with Gasteiger partial charge >= 0.3 is 5.97 Å². The second-order valence-electron chi connectivity index (χ2n) is 3.30. The van der Waals surface area contributed by atoms with Crippen molar-refractivity contribution in [2.75, 3.05) is 5.73 Å². The molecule has 0 saturated heterocycles. The Morgan fingerprint density at radius 2 is 2.13 bits per heavy atom. The number of anilines is 1. The molecule has 1 unspecified atom stereocenters. The molecule has 1 atom stereocenters. The maximum absolute atomic E-state index is 10.6. The average molecular weight is 206 g/mol. The van der Waals surface area contributed by atoms with Gasteiger partial charge in [-0.2, -0.15) is 0 Å². The molecule has 1 aromatic rings. The monoisotopic (exact) mass is 206 g/mol. The van der Waals surface area contributed by atoms with E-state index in [4.69, 9.17) is 15.7 Å². The van der Waals surface area contributed by atoms with Crippen LogP contribution in [0, 0.1) is 0 Å². The van der Waals surface area contributed by atoms with Crippen molar-refractivity contribution in [3.05, 3.63) is 29.8 Å². The number of carbonyl (C=O) groups is 1. The largest absolute Gasteiger partial charge is 0.478 e. The lowest BCUT2D eigenvalue weighted by Gasteiger charge is -2.00. The van der Waals surface area contributed by atoms with Crippen molar-refractivity contribution in [3.8, 4) is 0 Å². The fraction of sp³-hybridized carbons (Fsp3) is 0.200. The minimum atomic E-state index is -0.996. The highest BCUT2D eigenvalue weighted by molar-refractivity contribution is 6.03. The van der Waals surface area contributed by atoms with Crippen molar-refractivity contribution in [1.82, 2.24) is 0 Å². The fourth-order valence-corrected chi connectivity index (χ4v) is 1.36. The molecular formula is C10H10N2O3. The lowest BCUT2D eigenvalue weighted by Crippen LogP contribution is -2.19. The molecule has 0 fully saturated rings. The first-order valence-electron chi connectivity index (χ1n) is 4.48. The molecule has 78 valence electrons. The number of nitrogens with zero attached hydrogens (tertiary/aromatic N) is 1. The van der Waals surface area contributed by atoms with Crippen molar-refractivity contribution in [2.24, 2.45) is 5.16 Å². The summed E-state index contributed by atoms with van der Waals surface area (Å²) in [6, 6.07) is 7.07. The molecule has 1 aromatic carbocycles. The molecule has 0 aliphatic carbocycles. The van der Waals surface area contributed by atoms with Gasteiger partial charge in [-0.1, -0.05) is 17.3 Å². The molecule has 0 bridgehead atoms. The van der Waals surface area contributed by atoms with Gasteiger partial charge in [0.1, 0.15) is 0 Å². The van der Waals surface area contributed by atoms with E-state index in [0.29, 0.717) is 17.8 Å². The zero-order valence-corrected chi connectivity index (χ0v) is 7.88. The van der Waals surface area contributed by atoms with Gasteiger partial charge in [-0.15, -0.1) is 0 Å². The second-order valence-corrected chi connectivity index (χ2v) is 3.30. The molecule has 5 heteroatoms. The van der Waals surface area contributed by atoms with Crippen LogP contribution >= 0.6 is 0 Å². The van der Waals surface area contributed by atoms with Crippen molar-refractivity contribution in [2.45, 2.75) is 12.5 Å². The predicted molar refractivity (Wildman–Crippen MR) is 54.5 cm³/mol. The van der Waals surface area contributed by atoms with E-state index in [1.54, 1.807) is 24.3 Å². The highest BCUT2D eigenvalue weighted by Crippen LogP contribution is 2.17. The summed E-state index contributed by atoms with van der Waals surface area (Å²) in [5, 5.41) is 12.4. The summed E-state index contributed by atoms with van der Waals surface area (Å²) in [6.45, 7) is 0. The Balaban J connectivity index is 2.14. The van der Waals surface area contributed by atoms with E-state index >= 15 is 0 Å². The van der Waals surface area contributed by atoms with Crippen LogP contribution in [0.4, 0.5) is 5.69 Å². The molecule has 2 rings (SSSR count). The van der Waals surface area contributed by atoms with E-state index in [0.717, 1.165) is 5.56 Å². The molecule has 0 radical (unpaired) electrons. The van der Waals surface area contributed by atoms with Gasteiger partial charge in [0, 0.05) is 12.1 Å². The van der Waals surface area contributed by atoms with E-state index in [2.05, 4.69) is 5.16 Å². The minimum Gasteiger partial charge on any atom is -0.478 e. The summed E-state index contributed by atoms with van der Waals surface area (Å²) < 4.78 is 0. The molecule has 5 nitrogen and oxygen atoms in total. The van der Waals surface area contributed by atoms with Crippen LogP contribution in [-0.2, 0) is 9.63 Å². The predicted octanol–water partition coefficient (Wildman–Crippen LogP) is 0.846. The number of oxime groups is 1. The third-order valence-corrected chi connectivity index (χ3v) is 2.19. The van der Waals surface area contributed by atoms with E-state index in [1.165, 1.54) is 0 Å². The molecule has 15 heavy (non-hydrogen) atoms. The number of carboxylic acids is 1. The molecule has 0 aromatic heterocycles. The Morgan fingerprint density at radius 1 is 1.47 bits per heavy atom. The number of nitrogens with two attached hydrogens (primary N) is 1. The number of carboxylic acid groups (broad SMARTS) is 1. The lowest BCUT2D eigenvalue weighted by molar-refractivity contribution is -0.148. The van der Waals surface area contributed by atoms with Gasteiger partial charge in [0.2, 0.25) is 6.10 Å². The van der Waals surface area contributed by atoms with E-state index < -0.39 is 12.1 Å². The van der Waals surface area contributed by atoms with Crippen molar-refractivity contribution in [3.63, 3.8) is 0 Å². The highest BCUT2D eigenvalue weighted by Gasteiger charge is 2.28. The number of aliphatic carboxylic acids is 1. The first kappa shape index (κ1) is 9.51. The van der Waals surface area contributed by atoms with Crippen LogP contribution in [0.1, 0.15) is 12.0 Å². The van der Waals surface area contributed by atoms with Crippen molar-refractivity contribution in [1.29, 1.82) is 0 Å². The van der Waals surface area contributed by atoms with Gasteiger partial charge in [-0.3, -0.25) is 0 Å². The van der Waals surface area contributed by atoms with Crippen molar-refractivity contribution < 1.29 is 14.7 Å². The molecular weight excluding hydrogens is 196 g/mol. The molecule has 0 saturated carbocycles. The Labute approximate surface area is 86.1 Å². The first-order chi connectivity index (χ1) is 7.16. The Morgan fingerprint density at radius 3 is 2.67 bits per heavy atom. The molecule has 1 aliphatic heterocycles. The summed E-state index contributed by atoms with van der Waals surface area (Å²) in [5.74, 6) is -0.996. The summed E-state index contributed by atoms with van der Waals surface area (Å²) in [4.78, 5) is 15.4. The first-order valence-corrected chi connectivity index (χ1v) is 4.48. The van der Waals surface area contributed by atoms with Crippen LogP contribution < -0.4 is 5.73 Å². The van der Waals surface area contributed by atoms with Gasteiger partial charge < -0.3 is 15.7 Å². The van der Waals surface area contributed by atoms with Crippen LogP contribution in [-0.4, -0.2) is 22.9 Å². The number of rotatable bonds is 2. The van der Waals surface area contributed by atoms with Crippen LogP contribution in [0.5, 0.6) is 0 Å². The Hall–Kier alpha value is -2.04. The molecule has 1 heterocycles. The SMILES string of the molecule is Nc1ccc(C2=NOC(C(=O)O)C2)cc1. The van der Waals surface area contributed by atoms with E-state index in [-0.39, 0.29) is 0 Å². The van der Waals surface area contributed by atoms with Crippen LogP contribution in [0.15, 0.2) is 29.4 Å². The van der Waals surface area contributed by atoms with Gasteiger partial charge in [-0.25, -0.2) is 4.79 Å². The standard InChI is InChI=1S/C10H10N2O3/c11-7-3-1-6(2-4-7)8-5-9(10(13)14)15-12-8/h1-4,9H,5,11H2,(H,13,14). The fourth-order valence-electron chi connectivity index (χ4n) is 1.36. The van der Waals surface area contributed by atoms with E-state index in [9.17, 15) is 4.79 Å². The Kier molecular flexibility index (Phi) is 2.29. The quantitative estimate of drug-likeness (QED) is 0.702. The zero-order chi connectivity index (χ0) is 10.8. The number of benzene rings is 1. The smallest absolute Gasteiger partial charge is 0.348 e. The van der Waals surface area contributed by atoms with Crippen LogP contribution in [0.25, 0.3) is 0 Å². The molecule has 0 spiro atoms. The zero-order valence-electron chi connectivity index (χ0n) is 7.88. The van der Waals surface area contributed by atoms with Gasteiger partial charge in [0.05, 0.1) is 5.71 Å². The molecule has 1 aliphatic rings. The number of hydrogen-bond acceptors (Lipinski definition) is 4. The normalized spacial score (nSPS) is 19.5. The second kappa shape index (κ2) is 3.61. The summed E-state index contributed by atoms with van der Waals surface area (Å²) in [7, 11) is 0. The van der Waals surface area contributed by atoms with Gasteiger partial charge in [0.15, 0.2) is 0 Å².